The van der Waals surface area contributed by atoms with Crippen LogP contribution in [0.5, 0.6) is 5.75 Å². The minimum absolute atomic E-state index is 0.442. The van der Waals surface area contributed by atoms with E-state index in [9.17, 15) is 0 Å². The van der Waals surface area contributed by atoms with Crippen molar-refractivity contribution < 1.29 is 4.74 Å². The highest BCUT2D eigenvalue weighted by Gasteiger charge is 2.02. The Hall–Kier alpha value is -2.86. The van der Waals surface area contributed by atoms with Gasteiger partial charge < -0.3 is 15.4 Å². The van der Waals surface area contributed by atoms with E-state index in [1.807, 2.05) is 48.5 Å². The number of hydrogen-bond donors (Lipinski definition) is 2. The van der Waals surface area contributed by atoms with E-state index in [0.29, 0.717) is 23.3 Å². The number of ether oxygens (including phenoxy) is 1. The Morgan fingerprint density at radius 3 is 2.75 bits per heavy atom. The molecule has 0 radical (unpaired) electrons. The van der Waals surface area contributed by atoms with Gasteiger partial charge in [0.15, 0.2) is 5.82 Å². The van der Waals surface area contributed by atoms with Gasteiger partial charge in [0.25, 0.3) is 0 Å². The normalized spacial score (nSPS) is 10.2. The van der Waals surface area contributed by atoms with Crippen LogP contribution in [0.3, 0.4) is 0 Å². The molecule has 0 fully saturated rings. The smallest absolute Gasteiger partial charge is 0.244 e. The fourth-order valence-electron chi connectivity index (χ4n) is 2.07. The molecule has 0 unspecified atom stereocenters. The SMILES string of the molecule is COc1cccc(Nc2cnnc(NCc3ccc(Cl)cc3)n2)c1. The molecule has 122 valence electrons. The Bertz CT molecular complexity index is 810. The molecule has 1 aromatic heterocycles. The van der Waals surface area contributed by atoms with Gasteiger partial charge in [0.2, 0.25) is 5.95 Å². The number of halogens is 1. The van der Waals surface area contributed by atoms with Crippen LogP contribution in [0.2, 0.25) is 5.02 Å². The van der Waals surface area contributed by atoms with E-state index in [2.05, 4.69) is 25.8 Å². The number of hydrogen-bond acceptors (Lipinski definition) is 6. The Morgan fingerprint density at radius 1 is 1.12 bits per heavy atom. The maximum absolute atomic E-state index is 5.88. The molecule has 0 atom stereocenters. The summed E-state index contributed by atoms with van der Waals surface area (Å²) in [7, 11) is 1.63. The first kappa shape index (κ1) is 16.0. The van der Waals surface area contributed by atoms with Gasteiger partial charge in [-0.1, -0.05) is 29.8 Å². The zero-order chi connectivity index (χ0) is 16.8. The molecule has 3 aromatic rings. The summed E-state index contributed by atoms with van der Waals surface area (Å²) in [5.74, 6) is 1.80. The molecule has 0 spiro atoms. The lowest BCUT2D eigenvalue weighted by molar-refractivity contribution is 0.415. The highest BCUT2D eigenvalue weighted by Crippen LogP contribution is 2.20. The van der Waals surface area contributed by atoms with Gasteiger partial charge in [-0.15, -0.1) is 5.10 Å². The van der Waals surface area contributed by atoms with E-state index in [0.717, 1.165) is 17.0 Å². The molecule has 0 aliphatic rings. The molecule has 0 saturated carbocycles. The van der Waals surface area contributed by atoms with Crippen molar-refractivity contribution in [2.24, 2.45) is 0 Å². The average Bonchev–Trinajstić information content (AvgIpc) is 2.62. The maximum Gasteiger partial charge on any atom is 0.244 e. The fourth-order valence-corrected chi connectivity index (χ4v) is 2.20. The molecule has 6 nitrogen and oxygen atoms in total. The summed E-state index contributed by atoms with van der Waals surface area (Å²) in [5, 5.41) is 15.0. The molecular weight excluding hydrogens is 326 g/mol. The van der Waals surface area contributed by atoms with Crippen LogP contribution in [0.4, 0.5) is 17.5 Å². The summed E-state index contributed by atoms with van der Waals surface area (Å²) >= 11 is 5.88. The van der Waals surface area contributed by atoms with Crippen molar-refractivity contribution in [2.75, 3.05) is 17.7 Å². The number of nitrogens with zero attached hydrogens (tertiary/aromatic N) is 3. The predicted octanol–water partition coefficient (Wildman–Crippen LogP) is 3.89. The van der Waals surface area contributed by atoms with Gasteiger partial charge in [0, 0.05) is 23.3 Å². The largest absolute Gasteiger partial charge is 0.497 e. The van der Waals surface area contributed by atoms with E-state index >= 15 is 0 Å². The van der Waals surface area contributed by atoms with Crippen LogP contribution in [0, 0.1) is 0 Å². The quantitative estimate of drug-likeness (QED) is 0.708. The third kappa shape index (κ3) is 4.33. The fraction of sp³-hybridized carbons (Fsp3) is 0.118. The maximum atomic E-state index is 5.88. The molecule has 2 aromatic carbocycles. The second-order valence-electron chi connectivity index (χ2n) is 5.00. The van der Waals surface area contributed by atoms with Crippen LogP contribution in [-0.4, -0.2) is 22.3 Å². The van der Waals surface area contributed by atoms with E-state index in [1.54, 1.807) is 13.3 Å². The Balaban J connectivity index is 1.66. The third-order valence-corrected chi connectivity index (χ3v) is 3.52. The first-order chi connectivity index (χ1) is 11.7. The molecule has 2 N–H and O–H groups in total. The van der Waals surface area contributed by atoms with Gasteiger partial charge in [-0.3, -0.25) is 0 Å². The minimum Gasteiger partial charge on any atom is -0.497 e. The van der Waals surface area contributed by atoms with E-state index in [1.165, 1.54) is 0 Å². The zero-order valence-corrected chi connectivity index (χ0v) is 13.8. The molecule has 1 heterocycles. The monoisotopic (exact) mass is 341 g/mol. The van der Waals surface area contributed by atoms with Crippen molar-refractivity contribution in [3.8, 4) is 5.75 Å². The topological polar surface area (TPSA) is 72.0 Å². The third-order valence-electron chi connectivity index (χ3n) is 3.26. The summed E-state index contributed by atoms with van der Waals surface area (Å²) < 4.78 is 5.20. The van der Waals surface area contributed by atoms with Crippen LogP contribution in [0.1, 0.15) is 5.56 Å². The van der Waals surface area contributed by atoms with Gasteiger partial charge >= 0.3 is 0 Å². The second kappa shape index (κ2) is 7.61. The van der Waals surface area contributed by atoms with Crippen molar-refractivity contribution in [3.05, 3.63) is 65.3 Å². The summed E-state index contributed by atoms with van der Waals surface area (Å²) in [6, 6.07) is 15.2. The van der Waals surface area contributed by atoms with Crippen molar-refractivity contribution in [1.29, 1.82) is 0 Å². The number of rotatable bonds is 6. The number of methoxy groups -OCH3 is 1. The van der Waals surface area contributed by atoms with Crippen LogP contribution >= 0.6 is 11.6 Å². The molecule has 24 heavy (non-hydrogen) atoms. The van der Waals surface area contributed by atoms with Gasteiger partial charge in [-0.05, 0) is 29.8 Å². The molecular formula is C17H16ClN5O. The van der Waals surface area contributed by atoms with Crippen LogP contribution in [0.15, 0.2) is 54.7 Å². The molecule has 7 heteroatoms. The van der Waals surface area contributed by atoms with Crippen molar-refractivity contribution >= 4 is 29.1 Å². The summed E-state index contributed by atoms with van der Waals surface area (Å²) in [6.45, 7) is 0.585. The van der Waals surface area contributed by atoms with E-state index in [-0.39, 0.29) is 0 Å². The molecule has 0 amide bonds. The first-order valence-electron chi connectivity index (χ1n) is 7.32. The molecule has 0 aliphatic carbocycles. The lowest BCUT2D eigenvalue weighted by atomic mass is 10.2. The Labute approximate surface area is 144 Å². The van der Waals surface area contributed by atoms with Gasteiger partial charge in [0.1, 0.15) is 5.75 Å². The Kier molecular flexibility index (Phi) is 5.08. The van der Waals surface area contributed by atoms with Crippen molar-refractivity contribution in [1.82, 2.24) is 15.2 Å². The standard InChI is InChI=1S/C17H16ClN5O/c1-24-15-4-2-3-14(9-15)21-16-11-20-23-17(22-16)19-10-12-5-7-13(18)8-6-12/h2-9,11H,10H2,1H3,(H2,19,21,22,23). The number of nitrogens with one attached hydrogen (secondary N) is 2. The summed E-state index contributed by atoms with van der Waals surface area (Å²) in [4.78, 5) is 4.39. The number of anilines is 3. The van der Waals surface area contributed by atoms with Crippen LogP contribution < -0.4 is 15.4 Å². The van der Waals surface area contributed by atoms with Gasteiger partial charge in [-0.2, -0.15) is 10.1 Å². The van der Waals surface area contributed by atoms with Gasteiger partial charge in [0.05, 0.1) is 13.3 Å². The second-order valence-corrected chi connectivity index (χ2v) is 5.44. The predicted molar refractivity (Wildman–Crippen MR) is 94.9 cm³/mol. The molecule has 0 saturated heterocycles. The van der Waals surface area contributed by atoms with Crippen LogP contribution in [-0.2, 0) is 6.54 Å². The van der Waals surface area contributed by atoms with Crippen molar-refractivity contribution in [3.63, 3.8) is 0 Å². The zero-order valence-electron chi connectivity index (χ0n) is 13.0. The highest BCUT2D eigenvalue weighted by molar-refractivity contribution is 6.30. The van der Waals surface area contributed by atoms with E-state index in [4.69, 9.17) is 16.3 Å². The lowest BCUT2D eigenvalue weighted by Gasteiger charge is -2.09. The highest BCUT2D eigenvalue weighted by atomic mass is 35.5. The Morgan fingerprint density at radius 2 is 1.96 bits per heavy atom. The summed E-state index contributed by atoms with van der Waals surface area (Å²) in [5.41, 5.74) is 1.94. The van der Waals surface area contributed by atoms with Crippen molar-refractivity contribution in [2.45, 2.75) is 6.54 Å². The number of aromatic nitrogens is 3. The van der Waals surface area contributed by atoms with Gasteiger partial charge in [-0.25, -0.2) is 0 Å². The first-order valence-corrected chi connectivity index (χ1v) is 7.70. The van der Waals surface area contributed by atoms with E-state index < -0.39 is 0 Å². The summed E-state index contributed by atoms with van der Waals surface area (Å²) in [6.07, 6.45) is 1.56. The average molecular weight is 342 g/mol. The molecule has 0 aliphatic heterocycles. The minimum atomic E-state index is 0.442. The lowest BCUT2D eigenvalue weighted by Crippen LogP contribution is -2.06. The number of benzene rings is 2. The molecule has 3 rings (SSSR count). The molecule has 0 bridgehead atoms. The van der Waals surface area contributed by atoms with Crippen LogP contribution in [0.25, 0.3) is 0 Å².